The monoisotopic (exact) mass is 307 g/mol. The first-order chi connectivity index (χ1) is 6.16. The van der Waals surface area contributed by atoms with E-state index in [2.05, 4.69) is 4.74 Å². The number of methoxy groups -OCH3 is 1. The number of halogens is 1. The first-order valence-corrected chi connectivity index (χ1v) is 4.01. The lowest BCUT2D eigenvalue weighted by Crippen LogP contribution is -2.14. The SMILES string of the molecule is COC(=O)c1ccccc1N(C)C.I. The van der Waals surface area contributed by atoms with E-state index < -0.39 is 0 Å². The van der Waals surface area contributed by atoms with Crippen LogP contribution in [-0.2, 0) is 4.74 Å². The average Bonchev–Trinajstić information content (AvgIpc) is 2.16. The number of carbonyl (C=O) groups excluding carboxylic acids is 1. The Morgan fingerprint density at radius 1 is 1.29 bits per heavy atom. The molecule has 1 rings (SSSR count). The first kappa shape index (κ1) is 13.2. The average molecular weight is 307 g/mol. The zero-order valence-corrected chi connectivity index (χ0v) is 10.8. The first-order valence-electron chi connectivity index (χ1n) is 4.01. The highest BCUT2D eigenvalue weighted by atomic mass is 127. The highest BCUT2D eigenvalue weighted by molar-refractivity contribution is 14.0. The molecule has 0 fully saturated rings. The second-order valence-electron chi connectivity index (χ2n) is 2.90. The molecule has 0 aliphatic rings. The van der Waals surface area contributed by atoms with Gasteiger partial charge in [-0.25, -0.2) is 4.79 Å². The van der Waals surface area contributed by atoms with Crippen molar-refractivity contribution in [2.75, 3.05) is 26.1 Å². The largest absolute Gasteiger partial charge is 0.465 e. The fourth-order valence-electron chi connectivity index (χ4n) is 1.15. The second-order valence-corrected chi connectivity index (χ2v) is 2.90. The summed E-state index contributed by atoms with van der Waals surface area (Å²) in [5.41, 5.74) is 1.46. The third-order valence-electron chi connectivity index (χ3n) is 1.79. The van der Waals surface area contributed by atoms with Crippen LogP contribution < -0.4 is 4.90 Å². The molecule has 0 atom stereocenters. The molecule has 0 aromatic heterocycles. The maximum absolute atomic E-state index is 11.3. The summed E-state index contributed by atoms with van der Waals surface area (Å²) in [6.07, 6.45) is 0. The molecule has 0 amide bonds. The molecule has 0 aliphatic heterocycles. The highest BCUT2D eigenvalue weighted by Gasteiger charge is 2.11. The van der Waals surface area contributed by atoms with Crippen molar-refractivity contribution in [3.63, 3.8) is 0 Å². The Balaban J connectivity index is 0.00000169. The number of rotatable bonds is 2. The summed E-state index contributed by atoms with van der Waals surface area (Å²) >= 11 is 0. The van der Waals surface area contributed by atoms with Crippen LogP contribution in [0, 0.1) is 0 Å². The molecule has 0 aliphatic carbocycles. The Labute approximate surface area is 101 Å². The fraction of sp³-hybridized carbons (Fsp3) is 0.300. The molecular weight excluding hydrogens is 293 g/mol. The predicted octanol–water partition coefficient (Wildman–Crippen LogP) is 2.16. The summed E-state index contributed by atoms with van der Waals surface area (Å²) < 4.78 is 4.66. The van der Waals surface area contributed by atoms with Gasteiger partial charge in [-0.15, -0.1) is 24.0 Å². The molecule has 0 radical (unpaired) electrons. The topological polar surface area (TPSA) is 29.5 Å². The Kier molecular flexibility index (Phi) is 5.52. The number of para-hydroxylation sites is 1. The zero-order chi connectivity index (χ0) is 9.84. The highest BCUT2D eigenvalue weighted by Crippen LogP contribution is 2.18. The van der Waals surface area contributed by atoms with Crippen molar-refractivity contribution in [1.82, 2.24) is 0 Å². The van der Waals surface area contributed by atoms with E-state index in [9.17, 15) is 4.79 Å². The number of hydrogen-bond acceptors (Lipinski definition) is 3. The summed E-state index contributed by atoms with van der Waals surface area (Å²) in [5, 5.41) is 0. The molecule has 0 spiro atoms. The lowest BCUT2D eigenvalue weighted by Gasteiger charge is -2.15. The van der Waals surface area contributed by atoms with Gasteiger partial charge in [0.2, 0.25) is 0 Å². The van der Waals surface area contributed by atoms with Gasteiger partial charge < -0.3 is 9.64 Å². The van der Waals surface area contributed by atoms with Crippen molar-refractivity contribution in [3.8, 4) is 0 Å². The Hall–Kier alpha value is -0.780. The van der Waals surface area contributed by atoms with Crippen molar-refractivity contribution in [2.24, 2.45) is 0 Å². The Morgan fingerprint density at radius 2 is 1.86 bits per heavy atom. The van der Waals surface area contributed by atoms with Crippen molar-refractivity contribution in [3.05, 3.63) is 29.8 Å². The van der Waals surface area contributed by atoms with Crippen molar-refractivity contribution >= 4 is 35.6 Å². The maximum Gasteiger partial charge on any atom is 0.339 e. The summed E-state index contributed by atoms with van der Waals surface area (Å²) in [4.78, 5) is 13.2. The van der Waals surface area contributed by atoms with E-state index in [0.717, 1.165) is 5.69 Å². The van der Waals surface area contributed by atoms with Gasteiger partial charge in [0.1, 0.15) is 0 Å². The molecule has 1 aromatic carbocycles. The van der Waals surface area contributed by atoms with Gasteiger partial charge in [-0.05, 0) is 12.1 Å². The van der Waals surface area contributed by atoms with E-state index in [1.165, 1.54) is 7.11 Å². The molecule has 0 N–H and O–H groups in total. The number of benzene rings is 1. The normalized spacial score (nSPS) is 8.79. The fourth-order valence-corrected chi connectivity index (χ4v) is 1.15. The molecule has 0 saturated heterocycles. The van der Waals surface area contributed by atoms with Crippen LogP contribution >= 0.6 is 24.0 Å². The number of esters is 1. The van der Waals surface area contributed by atoms with Crippen molar-refractivity contribution in [2.45, 2.75) is 0 Å². The van der Waals surface area contributed by atoms with Gasteiger partial charge in [0.15, 0.2) is 0 Å². The van der Waals surface area contributed by atoms with Gasteiger partial charge >= 0.3 is 5.97 Å². The standard InChI is InChI=1S/C10H13NO2.HI/c1-11(2)9-7-5-4-6-8(9)10(12)13-3;/h4-7H,1-3H3;1H. The molecule has 14 heavy (non-hydrogen) atoms. The van der Waals surface area contributed by atoms with Crippen LogP contribution in [0.4, 0.5) is 5.69 Å². The number of ether oxygens (including phenoxy) is 1. The van der Waals surface area contributed by atoms with Gasteiger partial charge in [-0.2, -0.15) is 0 Å². The number of nitrogens with zero attached hydrogens (tertiary/aromatic N) is 1. The minimum Gasteiger partial charge on any atom is -0.465 e. The Bertz CT molecular complexity index is 313. The number of hydrogen-bond donors (Lipinski definition) is 0. The summed E-state index contributed by atoms with van der Waals surface area (Å²) in [5.74, 6) is -0.302. The molecule has 0 bridgehead atoms. The van der Waals surface area contributed by atoms with Crippen LogP contribution in [0.25, 0.3) is 0 Å². The van der Waals surface area contributed by atoms with Crippen LogP contribution in [0.3, 0.4) is 0 Å². The molecular formula is C10H14INO2. The lowest BCUT2D eigenvalue weighted by atomic mass is 10.1. The van der Waals surface area contributed by atoms with E-state index in [0.29, 0.717) is 5.56 Å². The van der Waals surface area contributed by atoms with Crippen LogP contribution in [0.1, 0.15) is 10.4 Å². The van der Waals surface area contributed by atoms with Crippen molar-refractivity contribution < 1.29 is 9.53 Å². The third-order valence-corrected chi connectivity index (χ3v) is 1.79. The molecule has 0 unspecified atom stereocenters. The van der Waals surface area contributed by atoms with Crippen LogP contribution in [0.5, 0.6) is 0 Å². The molecule has 0 heterocycles. The third kappa shape index (κ3) is 2.87. The van der Waals surface area contributed by atoms with E-state index in [4.69, 9.17) is 0 Å². The molecule has 1 aromatic rings. The minimum absolute atomic E-state index is 0. The zero-order valence-electron chi connectivity index (χ0n) is 8.48. The van der Waals surface area contributed by atoms with Crippen LogP contribution in [0.15, 0.2) is 24.3 Å². The van der Waals surface area contributed by atoms with Gasteiger partial charge in [0.05, 0.1) is 18.4 Å². The van der Waals surface area contributed by atoms with Crippen LogP contribution in [-0.4, -0.2) is 27.2 Å². The summed E-state index contributed by atoms with van der Waals surface area (Å²) in [6, 6.07) is 7.34. The van der Waals surface area contributed by atoms with Gasteiger partial charge in [-0.1, -0.05) is 12.1 Å². The number of anilines is 1. The van der Waals surface area contributed by atoms with Gasteiger partial charge in [-0.3, -0.25) is 0 Å². The maximum atomic E-state index is 11.3. The summed E-state index contributed by atoms with van der Waals surface area (Å²) in [7, 11) is 5.16. The van der Waals surface area contributed by atoms with Crippen LogP contribution in [0.2, 0.25) is 0 Å². The Morgan fingerprint density at radius 3 is 2.36 bits per heavy atom. The quantitative estimate of drug-likeness (QED) is 0.619. The molecule has 3 nitrogen and oxygen atoms in total. The van der Waals surface area contributed by atoms with Crippen molar-refractivity contribution in [1.29, 1.82) is 0 Å². The number of carbonyl (C=O) groups is 1. The van der Waals surface area contributed by atoms with E-state index in [-0.39, 0.29) is 29.9 Å². The smallest absolute Gasteiger partial charge is 0.339 e. The van der Waals surface area contributed by atoms with E-state index >= 15 is 0 Å². The van der Waals surface area contributed by atoms with E-state index in [1.54, 1.807) is 6.07 Å². The lowest BCUT2D eigenvalue weighted by molar-refractivity contribution is 0.0601. The van der Waals surface area contributed by atoms with Gasteiger partial charge in [0, 0.05) is 14.1 Å². The molecule has 4 heteroatoms. The molecule has 78 valence electrons. The predicted molar refractivity (Wildman–Crippen MR) is 67.5 cm³/mol. The molecule has 0 saturated carbocycles. The summed E-state index contributed by atoms with van der Waals surface area (Å²) in [6.45, 7) is 0. The minimum atomic E-state index is -0.302. The van der Waals surface area contributed by atoms with Gasteiger partial charge in [0.25, 0.3) is 0 Å². The van der Waals surface area contributed by atoms with E-state index in [1.807, 2.05) is 37.2 Å². The second kappa shape index (κ2) is 5.85.